The minimum atomic E-state index is -3.32. The number of nitrogens with zero attached hydrogens (tertiary/aromatic N) is 2. The van der Waals surface area contributed by atoms with Crippen LogP contribution in [0.15, 0.2) is 42.6 Å². The van der Waals surface area contributed by atoms with Crippen molar-refractivity contribution in [2.45, 2.75) is 6.54 Å². The molecule has 0 atom stereocenters. The van der Waals surface area contributed by atoms with Gasteiger partial charge in [-0.15, -0.1) is 0 Å². The van der Waals surface area contributed by atoms with Gasteiger partial charge in [0.2, 0.25) is 10.0 Å². The Morgan fingerprint density at radius 3 is 2.64 bits per heavy atom. The monoisotopic (exact) mass is 322 g/mol. The quantitative estimate of drug-likeness (QED) is 0.621. The zero-order valence-electron chi connectivity index (χ0n) is 11.7. The predicted molar refractivity (Wildman–Crippen MR) is 83.1 cm³/mol. The van der Waals surface area contributed by atoms with Gasteiger partial charge in [-0.25, -0.2) is 13.4 Å². The summed E-state index contributed by atoms with van der Waals surface area (Å²) < 4.78 is 24.8. The third-order valence-electron chi connectivity index (χ3n) is 2.66. The number of pyridine rings is 1. The van der Waals surface area contributed by atoms with E-state index < -0.39 is 14.9 Å². The van der Waals surface area contributed by atoms with Crippen LogP contribution in [0.25, 0.3) is 0 Å². The maximum absolute atomic E-state index is 11.2. The zero-order valence-corrected chi connectivity index (χ0v) is 12.5. The lowest BCUT2D eigenvalue weighted by Crippen LogP contribution is -2.10. The normalized spacial score (nSPS) is 11.0. The van der Waals surface area contributed by atoms with Crippen LogP contribution < -0.4 is 10.0 Å². The summed E-state index contributed by atoms with van der Waals surface area (Å²) in [6, 6.07) is 9.77. The van der Waals surface area contributed by atoms with Crippen LogP contribution in [0.1, 0.15) is 5.56 Å². The summed E-state index contributed by atoms with van der Waals surface area (Å²) >= 11 is 0. The van der Waals surface area contributed by atoms with Gasteiger partial charge in [0.25, 0.3) is 5.69 Å². The molecule has 0 aliphatic rings. The van der Waals surface area contributed by atoms with E-state index in [1.54, 1.807) is 18.2 Å². The standard InChI is InChI=1S/C13H14N4O4S/c1-22(20,21)16-11-4-2-3-10(7-11)8-14-13-6-5-12(9-15-13)17(18)19/h2-7,9,16H,8H2,1H3,(H,14,15). The number of aromatic nitrogens is 1. The van der Waals surface area contributed by atoms with E-state index in [0.717, 1.165) is 11.8 Å². The molecule has 0 saturated heterocycles. The highest BCUT2D eigenvalue weighted by Crippen LogP contribution is 2.15. The van der Waals surface area contributed by atoms with E-state index >= 15 is 0 Å². The van der Waals surface area contributed by atoms with E-state index in [9.17, 15) is 18.5 Å². The average Bonchev–Trinajstić information content (AvgIpc) is 2.44. The van der Waals surface area contributed by atoms with Crippen molar-refractivity contribution < 1.29 is 13.3 Å². The highest BCUT2D eigenvalue weighted by molar-refractivity contribution is 7.92. The van der Waals surface area contributed by atoms with Crippen molar-refractivity contribution in [1.29, 1.82) is 0 Å². The summed E-state index contributed by atoms with van der Waals surface area (Å²) in [7, 11) is -3.32. The number of nitrogens with one attached hydrogen (secondary N) is 2. The molecule has 0 saturated carbocycles. The van der Waals surface area contributed by atoms with Gasteiger partial charge < -0.3 is 5.32 Å². The van der Waals surface area contributed by atoms with Gasteiger partial charge in [0, 0.05) is 18.3 Å². The van der Waals surface area contributed by atoms with E-state index in [4.69, 9.17) is 0 Å². The number of anilines is 2. The molecule has 2 aromatic rings. The van der Waals surface area contributed by atoms with Crippen molar-refractivity contribution in [3.8, 4) is 0 Å². The summed E-state index contributed by atoms with van der Waals surface area (Å²) in [5.74, 6) is 0.493. The molecular formula is C13H14N4O4S. The minimum absolute atomic E-state index is 0.0788. The average molecular weight is 322 g/mol. The highest BCUT2D eigenvalue weighted by atomic mass is 32.2. The second kappa shape index (κ2) is 6.39. The second-order valence-corrected chi connectivity index (χ2v) is 6.34. The van der Waals surface area contributed by atoms with Gasteiger partial charge in [0.15, 0.2) is 0 Å². The fraction of sp³-hybridized carbons (Fsp3) is 0.154. The van der Waals surface area contributed by atoms with E-state index in [1.165, 1.54) is 18.3 Å². The van der Waals surface area contributed by atoms with E-state index in [1.807, 2.05) is 6.07 Å². The highest BCUT2D eigenvalue weighted by Gasteiger charge is 2.06. The molecule has 22 heavy (non-hydrogen) atoms. The van der Waals surface area contributed by atoms with Crippen LogP contribution in [0, 0.1) is 10.1 Å². The molecule has 2 N–H and O–H groups in total. The summed E-state index contributed by atoms with van der Waals surface area (Å²) in [4.78, 5) is 13.9. The van der Waals surface area contributed by atoms with Crippen molar-refractivity contribution >= 4 is 27.2 Å². The molecule has 1 aromatic heterocycles. The molecule has 116 valence electrons. The Morgan fingerprint density at radius 1 is 1.27 bits per heavy atom. The lowest BCUT2D eigenvalue weighted by Gasteiger charge is -2.08. The Bertz CT molecular complexity index is 775. The molecule has 0 amide bonds. The summed E-state index contributed by atoms with van der Waals surface area (Å²) in [5, 5.41) is 13.5. The Kier molecular flexibility index (Phi) is 4.56. The van der Waals surface area contributed by atoms with Gasteiger partial charge in [-0.1, -0.05) is 12.1 Å². The minimum Gasteiger partial charge on any atom is -0.366 e. The van der Waals surface area contributed by atoms with Crippen molar-refractivity contribution in [3.63, 3.8) is 0 Å². The van der Waals surface area contributed by atoms with Gasteiger partial charge in [0.05, 0.1) is 11.2 Å². The fourth-order valence-corrected chi connectivity index (χ4v) is 2.31. The first kappa shape index (κ1) is 15.7. The molecule has 1 heterocycles. The maximum Gasteiger partial charge on any atom is 0.287 e. The molecular weight excluding hydrogens is 308 g/mol. The summed E-state index contributed by atoms with van der Waals surface area (Å²) in [5.41, 5.74) is 1.23. The molecule has 0 bridgehead atoms. The molecule has 0 fully saturated rings. The van der Waals surface area contributed by atoms with Crippen molar-refractivity contribution in [2.75, 3.05) is 16.3 Å². The molecule has 0 spiro atoms. The number of benzene rings is 1. The van der Waals surface area contributed by atoms with Crippen LogP contribution >= 0.6 is 0 Å². The number of hydrogen-bond donors (Lipinski definition) is 2. The number of nitro groups is 1. The second-order valence-electron chi connectivity index (χ2n) is 4.59. The summed E-state index contributed by atoms with van der Waals surface area (Å²) in [6.45, 7) is 0.407. The summed E-state index contributed by atoms with van der Waals surface area (Å²) in [6.07, 6.45) is 2.25. The van der Waals surface area contributed by atoms with Crippen LogP contribution in [0.2, 0.25) is 0 Å². The molecule has 0 radical (unpaired) electrons. The Labute approximate surface area is 127 Å². The van der Waals surface area contributed by atoms with Gasteiger partial charge in [-0.3, -0.25) is 14.8 Å². The van der Waals surface area contributed by atoms with Gasteiger partial charge in [-0.05, 0) is 23.8 Å². The van der Waals surface area contributed by atoms with Crippen molar-refractivity contribution in [2.24, 2.45) is 0 Å². The number of sulfonamides is 1. The Balaban J connectivity index is 2.02. The lowest BCUT2D eigenvalue weighted by molar-refractivity contribution is -0.385. The SMILES string of the molecule is CS(=O)(=O)Nc1cccc(CNc2ccc([N+](=O)[O-])cn2)c1. The van der Waals surface area contributed by atoms with Crippen LogP contribution in [0.3, 0.4) is 0 Å². The van der Waals surface area contributed by atoms with Gasteiger partial charge in [0.1, 0.15) is 12.0 Å². The Hall–Kier alpha value is -2.68. The van der Waals surface area contributed by atoms with Gasteiger partial charge >= 0.3 is 0 Å². The largest absolute Gasteiger partial charge is 0.366 e. The molecule has 0 unspecified atom stereocenters. The van der Waals surface area contributed by atoms with Crippen molar-refractivity contribution in [3.05, 3.63) is 58.3 Å². The smallest absolute Gasteiger partial charge is 0.287 e. The van der Waals surface area contributed by atoms with Gasteiger partial charge in [-0.2, -0.15) is 0 Å². The van der Waals surface area contributed by atoms with Crippen LogP contribution in [0.5, 0.6) is 0 Å². The Morgan fingerprint density at radius 2 is 2.05 bits per heavy atom. The van der Waals surface area contributed by atoms with Crippen LogP contribution in [-0.4, -0.2) is 24.6 Å². The molecule has 0 aliphatic heterocycles. The van der Waals surface area contributed by atoms with E-state index in [2.05, 4.69) is 15.0 Å². The lowest BCUT2D eigenvalue weighted by atomic mass is 10.2. The fourth-order valence-electron chi connectivity index (χ4n) is 1.75. The first-order valence-electron chi connectivity index (χ1n) is 6.24. The van der Waals surface area contributed by atoms with Crippen LogP contribution in [-0.2, 0) is 16.6 Å². The van der Waals surface area contributed by atoms with Crippen molar-refractivity contribution in [1.82, 2.24) is 4.98 Å². The predicted octanol–water partition coefficient (Wildman–Crippen LogP) is 1.97. The maximum atomic E-state index is 11.2. The van der Waals surface area contributed by atoms with E-state index in [0.29, 0.717) is 18.1 Å². The van der Waals surface area contributed by atoms with E-state index in [-0.39, 0.29) is 5.69 Å². The van der Waals surface area contributed by atoms with Crippen LogP contribution in [0.4, 0.5) is 17.2 Å². The molecule has 1 aromatic carbocycles. The number of hydrogen-bond acceptors (Lipinski definition) is 6. The topological polar surface area (TPSA) is 114 Å². The molecule has 9 heteroatoms. The molecule has 8 nitrogen and oxygen atoms in total. The first-order chi connectivity index (χ1) is 10.3. The third-order valence-corrected chi connectivity index (χ3v) is 3.27. The third kappa shape index (κ3) is 4.70. The zero-order chi connectivity index (χ0) is 16.2. The molecule has 0 aliphatic carbocycles. The molecule has 2 rings (SSSR count). The number of rotatable bonds is 6. The first-order valence-corrected chi connectivity index (χ1v) is 8.14.